The van der Waals surface area contributed by atoms with Crippen LogP contribution in [0.25, 0.3) is 0 Å². The summed E-state index contributed by atoms with van der Waals surface area (Å²) in [6.45, 7) is 5.01. The third kappa shape index (κ3) is 2.78. The number of nitrogens with one attached hydrogen (secondary N) is 2. The molecule has 0 bridgehead atoms. The number of rotatable bonds is 4. The van der Waals surface area contributed by atoms with Crippen molar-refractivity contribution in [1.82, 2.24) is 5.32 Å². The van der Waals surface area contributed by atoms with E-state index in [1.807, 2.05) is 32.2 Å². The molecular formula is C14H20N2O. The zero-order valence-electron chi connectivity index (χ0n) is 10.8. The van der Waals surface area contributed by atoms with Crippen molar-refractivity contribution >= 4 is 11.6 Å². The van der Waals surface area contributed by atoms with E-state index < -0.39 is 0 Å². The normalized spacial score (nSPS) is 16.4. The van der Waals surface area contributed by atoms with Gasteiger partial charge in [0.15, 0.2) is 0 Å². The summed E-state index contributed by atoms with van der Waals surface area (Å²) >= 11 is 0. The first-order valence-electron chi connectivity index (χ1n) is 6.11. The SMILES string of the molecule is CNc1ccc(C(=O)NCC2(C)CC2)cc1C. The molecular weight excluding hydrogens is 212 g/mol. The molecule has 2 rings (SSSR count). The van der Waals surface area contributed by atoms with Crippen LogP contribution in [0.5, 0.6) is 0 Å². The number of benzene rings is 1. The molecule has 0 spiro atoms. The molecule has 0 saturated heterocycles. The summed E-state index contributed by atoms with van der Waals surface area (Å²) in [5, 5.41) is 6.10. The molecule has 0 atom stereocenters. The van der Waals surface area contributed by atoms with Crippen LogP contribution in [0.3, 0.4) is 0 Å². The lowest BCUT2D eigenvalue weighted by Crippen LogP contribution is -2.29. The topological polar surface area (TPSA) is 41.1 Å². The highest BCUT2D eigenvalue weighted by Crippen LogP contribution is 2.44. The predicted octanol–water partition coefficient (Wildman–Crippen LogP) is 2.57. The van der Waals surface area contributed by atoms with Crippen LogP contribution in [-0.4, -0.2) is 19.5 Å². The van der Waals surface area contributed by atoms with Crippen LogP contribution in [0.1, 0.15) is 35.7 Å². The van der Waals surface area contributed by atoms with E-state index in [1.165, 1.54) is 12.8 Å². The van der Waals surface area contributed by atoms with Gasteiger partial charge in [-0.15, -0.1) is 0 Å². The van der Waals surface area contributed by atoms with E-state index in [4.69, 9.17) is 0 Å². The van der Waals surface area contributed by atoms with Crippen molar-refractivity contribution in [1.29, 1.82) is 0 Å². The van der Waals surface area contributed by atoms with Crippen LogP contribution < -0.4 is 10.6 Å². The van der Waals surface area contributed by atoms with Crippen LogP contribution in [-0.2, 0) is 0 Å². The second-order valence-corrected chi connectivity index (χ2v) is 5.27. The number of anilines is 1. The Bertz CT molecular complexity index is 436. The van der Waals surface area contributed by atoms with Gasteiger partial charge in [0.25, 0.3) is 5.91 Å². The van der Waals surface area contributed by atoms with E-state index in [9.17, 15) is 4.79 Å². The third-order valence-electron chi connectivity index (χ3n) is 3.54. The van der Waals surface area contributed by atoms with Gasteiger partial charge in [-0.2, -0.15) is 0 Å². The maximum atomic E-state index is 11.9. The van der Waals surface area contributed by atoms with Crippen molar-refractivity contribution in [2.75, 3.05) is 18.9 Å². The van der Waals surface area contributed by atoms with Gasteiger partial charge < -0.3 is 10.6 Å². The number of carbonyl (C=O) groups is 1. The molecule has 1 amide bonds. The fourth-order valence-electron chi connectivity index (χ4n) is 1.87. The molecule has 0 unspecified atom stereocenters. The van der Waals surface area contributed by atoms with E-state index in [2.05, 4.69) is 17.6 Å². The highest BCUT2D eigenvalue weighted by Gasteiger charge is 2.37. The first-order valence-corrected chi connectivity index (χ1v) is 6.11. The summed E-state index contributed by atoms with van der Waals surface area (Å²) in [7, 11) is 1.88. The fraction of sp³-hybridized carbons (Fsp3) is 0.500. The zero-order chi connectivity index (χ0) is 12.5. The maximum absolute atomic E-state index is 11.9. The molecule has 17 heavy (non-hydrogen) atoms. The molecule has 3 heteroatoms. The molecule has 1 aromatic rings. The summed E-state index contributed by atoms with van der Waals surface area (Å²) in [6.07, 6.45) is 2.45. The molecule has 1 saturated carbocycles. The quantitative estimate of drug-likeness (QED) is 0.837. The fourth-order valence-corrected chi connectivity index (χ4v) is 1.87. The highest BCUT2D eigenvalue weighted by molar-refractivity contribution is 5.94. The lowest BCUT2D eigenvalue weighted by molar-refractivity contribution is 0.0946. The maximum Gasteiger partial charge on any atom is 0.251 e. The standard InChI is InChI=1S/C14H20N2O/c1-10-8-11(4-5-12(10)15-3)13(17)16-9-14(2)6-7-14/h4-5,8,15H,6-7,9H2,1-3H3,(H,16,17). The summed E-state index contributed by atoms with van der Waals surface area (Å²) in [5.74, 6) is 0.0314. The average Bonchev–Trinajstić information content (AvgIpc) is 3.05. The molecule has 1 fully saturated rings. The number of amides is 1. The van der Waals surface area contributed by atoms with Crippen molar-refractivity contribution < 1.29 is 4.79 Å². The van der Waals surface area contributed by atoms with Gasteiger partial charge >= 0.3 is 0 Å². The number of hydrogen-bond acceptors (Lipinski definition) is 2. The molecule has 3 nitrogen and oxygen atoms in total. The van der Waals surface area contributed by atoms with Crippen molar-refractivity contribution in [3.63, 3.8) is 0 Å². The number of carbonyl (C=O) groups excluding carboxylic acids is 1. The van der Waals surface area contributed by atoms with E-state index in [0.29, 0.717) is 5.41 Å². The first-order chi connectivity index (χ1) is 8.04. The summed E-state index contributed by atoms with van der Waals surface area (Å²) < 4.78 is 0. The van der Waals surface area contributed by atoms with E-state index in [1.54, 1.807) is 0 Å². The Morgan fingerprint density at radius 2 is 2.12 bits per heavy atom. The monoisotopic (exact) mass is 232 g/mol. The Morgan fingerprint density at radius 1 is 1.41 bits per heavy atom. The van der Waals surface area contributed by atoms with Crippen molar-refractivity contribution in [2.45, 2.75) is 26.7 Å². The second kappa shape index (κ2) is 4.40. The van der Waals surface area contributed by atoms with E-state index >= 15 is 0 Å². The molecule has 0 radical (unpaired) electrons. The van der Waals surface area contributed by atoms with Crippen LogP contribution in [0.15, 0.2) is 18.2 Å². The minimum absolute atomic E-state index is 0.0314. The van der Waals surface area contributed by atoms with E-state index in [0.717, 1.165) is 23.4 Å². The third-order valence-corrected chi connectivity index (χ3v) is 3.54. The predicted molar refractivity (Wildman–Crippen MR) is 70.4 cm³/mol. The molecule has 0 heterocycles. The van der Waals surface area contributed by atoms with E-state index in [-0.39, 0.29) is 5.91 Å². The van der Waals surface area contributed by atoms with Gasteiger partial charge in [0, 0.05) is 24.8 Å². The summed E-state index contributed by atoms with van der Waals surface area (Å²) in [6, 6.07) is 5.74. The molecule has 0 aromatic heterocycles. The Morgan fingerprint density at radius 3 is 2.65 bits per heavy atom. The smallest absolute Gasteiger partial charge is 0.251 e. The van der Waals surface area contributed by atoms with Crippen LogP contribution in [0.2, 0.25) is 0 Å². The second-order valence-electron chi connectivity index (χ2n) is 5.27. The Kier molecular flexibility index (Phi) is 3.09. The van der Waals surface area contributed by atoms with Gasteiger partial charge in [-0.05, 0) is 48.9 Å². The van der Waals surface area contributed by atoms with Crippen molar-refractivity contribution in [3.8, 4) is 0 Å². The van der Waals surface area contributed by atoms with Crippen molar-refractivity contribution in [3.05, 3.63) is 29.3 Å². The van der Waals surface area contributed by atoms with Crippen LogP contribution in [0.4, 0.5) is 5.69 Å². The highest BCUT2D eigenvalue weighted by atomic mass is 16.1. The van der Waals surface area contributed by atoms with Gasteiger partial charge in [-0.25, -0.2) is 0 Å². The van der Waals surface area contributed by atoms with Gasteiger partial charge in [0.2, 0.25) is 0 Å². The van der Waals surface area contributed by atoms with Gasteiger partial charge in [-0.3, -0.25) is 4.79 Å². The first kappa shape index (κ1) is 12.0. The van der Waals surface area contributed by atoms with Gasteiger partial charge in [0.05, 0.1) is 0 Å². The van der Waals surface area contributed by atoms with Gasteiger partial charge in [0.1, 0.15) is 0 Å². The van der Waals surface area contributed by atoms with Crippen molar-refractivity contribution in [2.24, 2.45) is 5.41 Å². The minimum atomic E-state index is 0.0314. The minimum Gasteiger partial charge on any atom is -0.388 e. The lowest BCUT2D eigenvalue weighted by Gasteiger charge is -2.11. The number of aryl methyl sites for hydroxylation is 1. The molecule has 0 aliphatic heterocycles. The molecule has 1 aliphatic rings. The molecule has 1 aliphatic carbocycles. The Balaban J connectivity index is 2.01. The average molecular weight is 232 g/mol. The van der Waals surface area contributed by atoms with Crippen LogP contribution >= 0.6 is 0 Å². The van der Waals surface area contributed by atoms with Gasteiger partial charge in [-0.1, -0.05) is 6.92 Å². The molecule has 2 N–H and O–H groups in total. The molecule has 1 aromatic carbocycles. The largest absolute Gasteiger partial charge is 0.388 e. The number of hydrogen-bond donors (Lipinski definition) is 2. The molecule has 92 valence electrons. The Hall–Kier alpha value is -1.51. The lowest BCUT2D eigenvalue weighted by atomic mass is 10.1. The summed E-state index contributed by atoms with van der Waals surface area (Å²) in [5.41, 5.74) is 3.26. The van der Waals surface area contributed by atoms with Crippen LogP contribution in [0, 0.1) is 12.3 Å². The summed E-state index contributed by atoms with van der Waals surface area (Å²) in [4.78, 5) is 11.9. The zero-order valence-corrected chi connectivity index (χ0v) is 10.8. The Labute approximate surface area is 103 Å².